The predicted molar refractivity (Wildman–Crippen MR) is 291 cm³/mol. The zero-order valence-corrected chi connectivity index (χ0v) is 38.3. The lowest BCUT2D eigenvalue weighted by atomic mass is 9.74. The van der Waals surface area contributed by atoms with Gasteiger partial charge in [-0.15, -0.1) is 0 Å². The number of anilines is 3. The molecule has 0 saturated carbocycles. The molecule has 0 radical (unpaired) electrons. The number of benzene rings is 11. The summed E-state index contributed by atoms with van der Waals surface area (Å²) in [4.78, 5) is 2.43. The quantitative estimate of drug-likeness (QED) is 0.103. The van der Waals surface area contributed by atoms with E-state index in [0.29, 0.717) is 0 Å². The Morgan fingerprint density at radius 3 is 1.85 bits per heavy atom. The van der Waals surface area contributed by atoms with Crippen LogP contribution in [0, 0.1) is 6.92 Å². The fraction of sp³-hybridized carbons (Fsp3) is 0.0448. The van der Waals surface area contributed by atoms with Crippen LogP contribution in [0.15, 0.2) is 249 Å². The van der Waals surface area contributed by atoms with E-state index in [1.165, 1.54) is 93.5 Å². The summed E-state index contributed by atoms with van der Waals surface area (Å²) in [6, 6.07) is 85.3. The highest BCUT2D eigenvalue weighted by Crippen LogP contribution is 2.53. The molecule has 1 nitrogen and oxygen atoms in total. The van der Waals surface area contributed by atoms with E-state index in [2.05, 4.69) is 262 Å². The van der Waals surface area contributed by atoms with Crippen LogP contribution in [0.1, 0.15) is 34.7 Å². The first kappa shape index (κ1) is 40.9. The molecule has 0 heterocycles. The van der Waals surface area contributed by atoms with Crippen molar-refractivity contribution < 1.29 is 0 Å². The fourth-order valence-corrected chi connectivity index (χ4v) is 10.9. The van der Waals surface area contributed by atoms with Crippen LogP contribution in [0.4, 0.5) is 17.1 Å². The number of hydrogen-bond donors (Lipinski definition) is 0. The summed E-state index contributed by atoms with van der Waals surface area (Å²) in [6.45, 7) is 8.50. The standard InChI is InChI=1S/C67H49N/c1-4-5-21-57-45(2)27-28-48-31-33-52(42-61(48)57)50-17-15-20-56(41-50)68(66-26-14-12-23-59(66)53-34-32-49-30-29-47-16-9-10-22-58(47)62(49)44-53)55-38-35-46(36-39-55)51-37-40-65-63(43-51)60-24-11-13-25-64(60)67(65,3)54-18-7-6-8-19-54/h4-44H,1H2,2-3H3/b21-5-. The molecule has 0 N–H and O–H groups in total. The third-order valence-corrected chi connectivity index (χ3v) is 14.4. The molecular formula is C67H49N. The van der Waals surface area contributed by atoms with Crippen LogP contribution in [0.3, 0.4) is 0 Å². The molecule has 11 aromatic carbocycles. The lowest BCUT2D eigenvalue weighted by Crippen LogP contribution is -2.22. The van der Waals surface area contributed by atoms with Crippen LogP contribution >= 0.6 is 0 Å². The monoisotopic (exact) mass is 867 g/mol. The third kappa shape index (κ3) is 6.86. The predicted octanol–water partition coefficient (Wildman–Crippen LogP) is 18.5. The van der Waals surface area contributed by atoms with Crippen molar-refractivity contribution >= 4 is 55.5 Å². The van der Waals surface area contributed by atoms with E-state index in [1.807, 2.05) is 12.2 Å². The van der Waals surface area contributed by atoms with Gasteiger partial charge in [-0.1, -0.05) is 207 Å². The zero-order chi connectivity index (χ0) is 45.8. The van der Waals surface area contributed by atoms with E-state index in [1.54, 1.807) is 0 Å². The molecule has 0 aromatic heterocycles. The van der Waals surface area contributed by atoms with E-state index in [9.17, 15) is 0 Å². The van der Waals surface area contributed by atoms with Gasteiger partial charge >= 0.3 is 0 Å². The Kier molecular flexibility index (Phi) is 10.1. The molecule has 12 rings (SSSR count). The Bertz CT molecular complexity index is 3780. The van der Waals surface area contributed by atoms with Crippen LogP contribution < -0.4 is 4.90 Å². The molecule has 11 aromatic rings. The van der Waals surface area contributed by atoms with E-state index in [0.717, 1.165) is 28.2 Å². The highest BCUT2D eigenvalue weighted by molar-refractivity contribution is 6.09. The molecule has 322 valence electrons. The topological polar surface area (TPSA) is 3.24 Å². The maximum absolute atomic E-state index is 3.94. The van der Waals surface area contributed by atoms with Crippen molar-refractivity contribution in [3.8, 4) is 44.5 Å². The second-order valence-electron chi connectivity index (χ2n) is 18.3. The van der Waals surface area contributed by atoms with Gasteiger partial charge in [-0.25, -0.2) is 0 Å². The minimum atomic E-state index is -0.229. The van der Waals surface area contributed by atoms with Crippen LogP contribution in [-0.2, 0) is 5.41 Å². The highest BCUT2D eigenvalue weighted by Gasteiger charge is 2.40. The molecule has 0 amide bonds. The van der Waals surface area contributed by atoms with Gasteiger partial charge in [0.2, 0.25) is 0 Å². The van der Waals surface area contributed by atoms with Gasteiger partial charge in [0.25, 0.3) is 0 Å². The Hall–Kier alpha value is -8.52. The fourth-order valence-electron chi connectivity index (χ4n) is 10.9. The van der Waals surface area contributed by atoms with Gasteiger partial charge < -0.3 is 4.90 Å². The van der Waals surface area contributed by atoms with Gasteiger partial charge in [-0.3, -0.25) is 0 Å². The van der Waals surface area contributed by atoms with E-state index < -0.39 is 0 Å². The van der Waals surface area contributed by atoms with Gasteiger partial charge in [0.05, 0.1) is 5.69 Å². The van der Waals surface area contributed by atoms with Crippen molar-refractivity contribution in [2.45, 2.75) is 19.3 Å². The van der Waals surface area contributed by atoms with Crippen molar-refractivity contribution in [2.24, 2.45) is 0 Å². The summed E-state index contributed by atoms with van der Waals surface area (Å²) in [5.74, 6) is 0. The summed E-state index contributed by atoms with van der Waals surface area (Å²) in [5, 5.41) is 7.44. The van der Waals surface area contributed by atoms with Crippen molar-refractivity contribution in [3.63, 3.8) is 0 Å². The molecule has 1 unspecified atom stereocenters. The normalized spacial score (nSPS) is 14.1. The highest BCUT2D eigenvalue weighted by atomic mass is 15.1. The molecule has 0 saturated heterocycles. The molecule has 1 heteroatoms. The van der Waals surface area contributed by atoms with Crippen molar-refractivity contribution in [1.82, 2.24) is 0 Å². The lowest BCUT2D eigenvalue weighted by Gasteiger charge is -2.29. The smallest absolute Gasteiger partial charge is 0.0540 e. The van der Waals surface area contributed by atoms with E-state index in [4.69, 9.17) is 0 Å². The molecule has 1 atom stereocenters. The number of nitrogens with zero attached hydrogens (tertiary/aromatic N) is 1. The molecule has 0 aliphatic heterocycles. The largest absolute Gasteiger partial charge is 0.310 e. The molecule has 0 spiro atoms. The number of hydrogen-bond acceptors (Lipinski definition) is 1. The van der Waals surface area contributed by atoms with Gasteiger partial charge in [-0.2, -0.15) is 0 Å². The Labute approximate surface area is 399 Å². The number of fused-ring (bicyclic) bond motifs is 7. The minimum Gasteiger partial charge on any atom is -0.310 e. The molecule has 1 aliphatic rings. The Morgan fingerprint density at radius 1 is 0.412 bits per heavy atom. The number of aryl methyl sites for hydroxylation is 1. The van der Waals surface area contributed by atoms with Gasteiger partial charge in [0.15, 0.2) is 0 Å². The summed E-state index contributed by atoms with van der Waals surface area (Å²) < 4.78 is 0. The first-order valence-electron chi connectivity index (χ1n) is 23.6. The number of rotatable bonds is 9. The summed E-state index contributed by atoms with van der Waals surface area (Å²) in [5.41, 5.74) is 19.2. The van der Waals surface area contributed by atoms with Crippen molar-refractivity contribution in [1.29, 1.82) is 0 Å². The van der Waals surface area contributed by atoms with Gasteiger partial charge in [0.1, 0.15) is 0 Å². The molecule has 68 heavy (non-hydrogen) atoms. The average Bonchev–Trinajstić information content (AvgIpc) is 3.66. The summed E-state index contributed by atoms with van der Waals surface area (Å²) in [6.07, 6.45) is 6.04. The SMILES string of the molecule is C=C/C=C\c1c(C)ccc2ccc(-c3cccc(N(c4ccc(-c5ccc6c(c5)-c5ccccc5C6(C)c5ccccc5)cc4)c4ccccc4-c4ccc5ccc6ccccc6c5c4)c3)cc12. The summed E-state index contributed by atoms with van der Waals surface area (Å²) >= 11 is 0. The van der Waals surface area contributed by atoms with Gasteiger partial charge in [0, 0.05) is 22.4 Å². The molecular weight excluding hydrogens is 819 g/mol. The van der Waals surface area contributed by atoms with Crippen LogP contribution in [0.5, 0.6) is 0 Å². The molecule has 0 fully saturated rings. The minimum absolute atomic E-state index is 0.229. The first-order valence-corrected chi connectivity index (χ1v) is 23.6. The van der Waals surface area contributed by atoms with Crippen LogP contribution in [0.2, 0.25) is 0 Å². The first-order chi connectivity index (χ1) is 33.5. The lowest BCUT2D eigenvalue weighted by molar-refractivity contribution is 0.714. The second-order valence-corrected chi connectivity index (χ2v) is 18.3. The third-order valence-electron chi connectivity index (χ3n) is 14.4. The van der Waals surface area contributed by atoms with E-state index >= 15 is 0 Å². The molecule has 0 bridgehead atoms. The number of allylic oxidation sites excluding steroid dienone is 2. The molecule has 1 aliphatic carbocycles. The van der Waals surface area contributed by atoms with Crippen molar-refractivity contribution in [2.75, 3.05) is 4.90 Å². The maximum Gasteiger partial charge on any atom is 0.0540 e. The van der Waals surface area contributed by atoms with E-state index in [-0.39, 0.29) is 5.41 Å². The second kappa shape index (κ2) is 16.7. The van der Waals surface area contributed by atoms with Gasteiger partial charge in [-0.05, 0) is 161 Å². The average molecular weight is 868 g/mol. The Balaban J connectivity index is 0.995. The van der Waals surface area contributed by atoms with Crippen molar-refractivity contribution in [3.05, 3.63) is 277 Å². The van der Waals surface area contributed by atoms with Crippen LogP contribution in [0.25, 0.3) is 82.9 Å². The summed E-state index contributed by atoms with van der Waals surface area (Å²) in [7, 11) is 0. The van der Waals surface area contributed by atoms with Crippen LogP contribution in [-0.4, -0.2) is 0 Å². The maximum atomic E-state index is 3.94. The number of para-hydroxylation sites is 1. The Morgan fingerprint density at radius 2 is 1.01 bits per heavy atom. The zero-order valence-electron chi connectivity index (χ0n) is 38.3.